The molecule has 1 heterocycles. The zero-order valence-electron chi connectivity index (χ0n) is 12.2. The van der Waals surface area contributed by atoms with Crippen LogP contribution < -0.4 is 5.73 Å². The second-order valence-corrected chi connectivity index (χ2v) is 6.31. The molecule has 0 aromatic heterocycles. The summed E-state index contributed by atoms with van der Waals surface area (Å²) in [5, 5.41) is 0. The molecular formula is C14H31N3. The largest absolute Gasteiger partial charge is 0.330 e. The Morgan fingerprint density at radius 1 is 1.29 bits per heavy atom. The van der Waals surface area contributed by atoms with Crippen molar-refractivity contribution < 1.29 is 0 Å². The Morgan fingerprint density at radius 2 is 1.88 bits per heavy atom. The molecule has 1 fully saturated rings. The van der Waals surface area contributed by atoms with Crippen LogP contribution in [0.1, 0.15) is 39.5 Å². The lowest BCUT2D eigenvalue weighted by atomic mass is 9.92. The van der Waals surface area contributed by atoms with Gasteiger partial charge in [0.1, 0.15) is 0 Å². The van der Waals surface area contributed by atoms with Crippen molar-refractivity contribution in [1.29, 1.82) is 0 Å². The maximum absolute atomic E-state index is 5.67. The lowest BCUT2D eigenvalue weighted by Crippen LogP contribution is -2.44. The molecule has 3 nitrogen and oxygen atoms in total. The highest BCUT2D eigenvalue weighted by Gasteiger charge is 2.24. The normalized spacial score (nSPS) is 20.1. The van der Waals surface area contributed by atoms with Crippen LogP contribution in [0.5, 0.6) is 0 Å². The first-order chi connectivity index (χ1) is 7.95. The minimum absolute atomic E-state index is 0.250. The van der Waals surface area contributed by atoms with Crippen LogP contribution in [0, 0.1) is 5.92 Å². The highest BCUT2D eigenvalue weighted by atomic mass is 15.2. The van der Waals surface area contributed by atoms with Crippen LogP contribution in [0.25, 0.3) is 0 Å². The average molecular weight is 241 g/mol. The summed E-state index contributed by atoms with van der Waals surface area (Å²) in [5.41, 5.74) is 5.92. The molecule has 1 aliphatic heterocycles. The maximum Gasteiger partial charge on any atom is 0.0162 e. The molecule has 0 aromatic carbocycles. The van der Waals surface area contributed by atoms with Crippen LogP contribution in [-0.2, 0) is 0 Å². The molecule has 0 amide bonds. The molecule has 0 aliphatic carbocycles. The van der Waals surface area contributed by atoms with Crippen molar-refractivity contribution in [3.8, 4) is 0 Å². The molecule has 2 N–H and O–H groups in total. The predicted molar refractivity (Wildman–Crippen MR) is 75.2 cm³/mol. The number of rotatable bonds is 6. The molecule has 1 saturated heterocycles. The fraction of sp³-hybridized carbons (Fsp3) is 1.00. The predicted octanol–water partition coefficient (Wildman–Crippen LogP) is 1.78. The lowest BCUT2D eigenvalue weighted by Gasteiger charge is -2.37. The van der Waals surface area contributed by atoms with Crippen LogP contribution in [0.2, 0.25) is 0 Å². The number of nitrogens with two attached hydrogens (primary N) is 1. The summed E-state index contributed by atoms with van der Waals surface area (Å²) in [6.07, 6.45) is 5.18. The fourth-order valence-corrected chi connectivity index (χ4v) is 2.57. The van der Waals surface area contributed by atoms with E-state index >= 15 is 0 Å². The zero-order valence-corrected chi connectivity index (χ0v) is 12.2. The van der Waals surface area contributed by atoms with Crippen molar-refractivity contribution in [3.63, 3.8) is 0 Å². The third-order valence-corrected chi connectivity index (χ3v) is 4.50. The molecule has 0 radical (unpaired) electrons. The van der Waals surface area contributed by atoms with E-state index in [1.54, 1.807) is 0 Å². The van der Waals surface area contributed by atoms with E-state index in [1.807, 2.05) is 0 Å². The Hall–Kier alpha value is -0.120. The van der Waals surface area contributed by atoms with Crippen molar-refractivity contribution in [2.24, 2.45) is 11.7 Å². The van der Waals surface area contributed by atoms with Crippen LogP contribution in [0.15, 0.2) is 0 Å². The van der Waals surface area contributed by atoms with Crippen LogP contribution in [0.3, 0.4) is 0 Å². The minimum Gasteiger partial charge on any atom is -0.330 e. The second-order valence-electron chi connectivity index (χ2n) is 6.31. The quantitative estimate of drug-likeness (QED) is 0.769. The topological polar surface area (TPSA) is 32.5 Å². The Morgan fingerprint density at radius 3 is 2.41 bits per heavy atom. The monoisotopic (exact) mass is 241 g/mol. The summed E-state index contributed by atoms with van der Waals surface area (Å²) < 4.78 is 0. The van der Waals surface area contributed by atoms with E-state index in [0.717, 1.165) is 18.9 Å². The van der Waals surface area contributed by atoms with Gasteiger partial charge in [-0.2, -0.15) is 0 Å². The molecule has 17 heavy (non-hydrogen) atoms. The first-order valence-corrected chi connectivity index (χ1v) is 7.05. The molecular weight excluding hydrogens is 210 g/mol. The summed E-state index contributed by atoms with van der Waals surface area (Å²) in [5.74, 6) is 0.933. The summed E-state index contributed by atoms with van der Waals surface area (Å²) in [4.78, 5) is 4.93. The molecule has 0 saturated carbocycles. The number of nitrogens with zero attached hydrogens (tertiary/aromatic N) is 2. The summed E-state index contributed by atoms with van der Waals surface area (Å²) in [6.45, 7) is 9.15. The van der Waals surface area contributed by atoms with Gasteiger partial charge in [0.2, 0.25) is 0 Å². The minimum atomic E-state index is 0.250. The van der Waals surface area contributed by atoms with Crippen molar-refractivity contribution in [3.05, 3.63) is 0 Å². The number of hydrogen-bond acceptors (Lipinski definition) is 3. The van der Waals surface area contributed by atoms with E-state index in [4.69, 9.17) is 5.73 Å². The Kier molecular flexibility index (Phi) is 5.90. The smallest absolute Gasteiger partial charge is 0.0162 e. The molecule has 0 unspecified atom stereocenters. The zero-order chi connectivity index (χ0) is 12.9. The van der Waals surface area contributed by atoms with Gasteiger partial charge >= 0.3 is 0 Å². The Balaban J connectivity index is 2.25. The van der Waals surface area contributed by atoms with Crippen LogP contribution in [0.4, 0.5) is 0 Å². The van der Waals surface area contributed by atoms with Gasteiger partial charge in [-0.25, -0.2) is 0 Å². The van der Waals surface area contributed by atoms with Crippen LogP contribution in [-0.4, -0.2) is 55.6 Å². The highest BCUT2D eigenvalue weighted by molar-refractivity contribution is 4.80. The number of likely N-dealkylation sites (tertiary alicyclic amines) is 1. The van der Waals surface area contributed by atoms with Gasteiger partial charge < -0.3 is 15.5 Å². The van der Waals surface area contributed by atoms with Crippen molar-refractivity contribution in [2.45, 2.75) is 45.1 Å². The Labute approximate surface area is 107 Å². The number of piperidine rings is 1. The van der Waals surface area contributed by atoms with E-state index in [9.17, 15) is 0 Å². The summed E-state index contributed by atoms with van der Waals surface area (Å²) >= 11 is 0. The van der Waals surface area contributed by atoms with E-state index in [2.05, 4.69) is 37.7 Å². The van der Waals surface area contributed by atoms with Gasteiger partial charge in [-0.3, -0.25) is 0 Å². The van der Waals surface area contributed by atoms with E-state index < -0.39 is 0 Å². The number of hydrogen-bond donors (Lipinski definition) is 1. The molecule has 0 spiro atoms. The SMILES string of the molecule is CN1CCC(CCN(C)C(C)(C)CCN)CC1. The van der Waals surface area contributed by atoms with E-state index in [0.29, 0.717) is 0 Å². The fourth-order valence-electron chi connectivity index (χ4n) is 2.57. The molecule has 3 heteroatoms. The summed E-state index contributed by atoms with van der Waals surface area (Å²) in [6, 6.07) is 0. The Bertz CT molecular complexity index is 208. The average Bonchev–Trinajstić information content (AvgIpc) is 2.27. The van der Waals surface area contributed by atoms with Crippen molar-refractivity contribution in [2.75, 3.05) is 40.3 Å². The first kappa shape index (κ1) is 14.9. The highest BCUT2D eigenvalue weighted by Crippen LogP contribution is 2.22. The van der Waals surface area contributed by atoms with Crippen LogP contribution >= 0.6 is 0 Å². The van der Waals surface area contributed by atoms with Gasteiger partial charge in [0.05, 0.1) is 0 Å². The van der Waals surface area contributed by atoms with Crippen molar-refractivity contribution in [1.82, 2.24) is 9.80 Å². The molecule has 0 atom stereocenters. The standard InChI is InChI=1S/C14H31N3/c1-14(2,8-9-15)17(4)12-7-13-5-10-16(3)11-6-13/h13H,5-12,15H2,1-4H3. The van der Waals surface area contributed by atoms with Gasteiger partial charge in [-0.15, -0.1) is 0 Å². The van der Waals surface area contributed by atoms with Gasteiger partial charge in [-0.05, 0) is 85.7 Å². The molecule has 102 valence electrons. The van der Waals surface area contributed by atoms with E-state index in [-0.39, 0.29) is 5.54 Å². The van der Waals surface area contributed by atoms with Crippen molar-refractivity contribution >= 4 is 0 Å². The molecule has 0 bridgehead atoms. The van der Waals surface area contributed by atoms with Gasteiger partial charge in [0.15, 0.2) is 0 Å². The lowest BCUT2D eigenvalue weighted by molar-refractivity contribution is 0.126. The first-order valence-electron chi connectivity index (χ1n) is 7.05. The third kappa shape index (κ3) is 4.94. The second kappa shape index (κ2) is 6.72. The molecule has 1 rings (SSSR count). The van der Waals surface area contributed by atoms with Gasteiger partial charge in [-0.1, -0.05) is 0 Å². The molecule has 1 aliphatic rings. The summed E-state index contributed by atoms with van der Waals surface area (Å²) in [7, 11) is 4.47. The van der Waals surface area contributed by atoms with Gasteiger partial charge in [0, 0.05) is 5.54 Å². The van der Waals surface area contributed by atoms with E-state index in [1.165, 1.54) is 38.9 Å². The molecule has 0 aromatic rings. The maximum atomic E-state index is 5.67. The van der Waals surface area contributed by atoms with Gasteiger partial charge in [0.25, 0.3) is 0 Å². The third-order valence-electron chi connectivity index (χ3n) is 4.50.